The summed E-state index contributed by atoms with van der Waals surface area (Å²) in [6.45, 7) is 1.44. The van der Waals surface area contributed by atoms with Crippen molar-refractivity contribution in [2.24, 2.45) is 5.73 Å². The number of rotatable bonds is 3. The van der Waals surface area contributed by atoms with Crippen molar-refractivity contribution in [1.82, 2.24) is 9.97 Å². The van der Waals surface area contributed by atoms with Gasteiger partial charge in [0.25, 0.3) is 0 Å². The van der Waals surface area contributed by atoms with E-state index in [1.165, 1.54) is 11.1 Å². The van der Waals surface area contributed by atoms with Crippen molar-refractivity contribution in [1.29, 1.82) is 0 Å². The van der Waals surface area contributed by atoms with Gasteiger partial charge in [-0.2, -0.15) is 4.98 Å². The Morgan fingerprint density at radius 3 is 3.00 bits per heavy atom. The molecular formula is C15H18N4O. The van der Waals surface area contributed by atoms with Crippen LogP contribution < -0.4 is 15.4 Å². The van der Waals surface area contributed by atoms with Gasteiger partial charge < -0.3 is 15.4 Å². The summed E-state index contributed by atoms with van der Waals surface area (Å²) in [4.78, 5) is 10.9. The minimum Gasteiger partial charge on any atom is -0.480 e. The zero-order chi connectivity index (χ0) is 13.9. The van der Waals surface area contributed by atoms with Gasteiger partial charge in [0.2, 0.25) is 5.88 Å². The average Bonchev–Trinajstić information content (AvgIpc) is 2.53. The lowest BCUT2D eigenvalue weighted by Crippen LogP contribution is -2.40. The fraction of sp³-hybridized carbons (Fsp3) is 0.333. The highest BCUT2D eigenvalue weighted by Gasteiger charge is 2.27. The lowest BCUT2D eigenvalue weighted by atomic mass is 9.92. The highest BCUT2D eigenvalue weighted by molar-refractivity contribution is 5.47. The van der Waals surface area contributed by atoms with Crippen LogP contribution in [0.2, 0.25) is 0 Å². The topological polar surface area (TPSA) is 64.3 Å². The van der Waals surface area contributed by atoms with Gasteiger partial charge in [-0.15, -0.1) is 0 Å². The standard InChI is InChI=1S/C15H18N4O/c1-20-15-10-17-9-14(18-15)19-7-6-11-4-2-3-5-12(11)13(19)8-16/h2-5,9-10,13H,6-8,16H2,1H3. The number of anilines is 1. The maximum absolute atomic E-state index is 6.00. The summed E-state index contributed by atoms with van der Waals surface area (Å²) in [5.74, 6) is 1.34. The molecule has 3 rings (SSSR count). The number of aromatic nitrogens is 2. The number of ether oxygens (including phenoxy) is 1. The van der Waals surface area contributed by atoms with E-state index in [0.29, 0.717) is 12.4 Å². The van der Waals surface area contributed by atoms with Gasteiger partial charge in [0.05, 0.1) is 25.5 Å². The van der Waals surface area contributed by atoms with Crippen molar-refractivity contribution in [2.45, 2.75) is 12.5 Å². The molecule has 0 bridgehead atoms. The minimum atomic E-state index is 0.140. The average molecular weight is 270 g/mol. The van der Waals surface area contributed by atoms with Crippen LogP contribution in [0.25, 0.3) is 0 Å². The van der Waals surface area contributed by atoms with Crippen LogP contribution in [0, 0.1) is 0 Å². The van der Waals surface area contributed by atoms with Crippen LogP contribution in [0.1, 0.15) is 17.2 Å². The minimum absolute atomic E-state index is 0.140. The number of fused-ring (bicyclic) bond motifs is 1. The van der Waals surface area contributed by atoms with Crippen LogP contribution in [0.3, 0.4) is 0 Å². The lowest BCUT2D eigenvalue weighted by Gasteiger charge is -2.37. The summed E-state index contributed by atoms with van der Waals surface area (Å²) in [5, 5.41) is 0. The number of nitrogens with two attached hydrogens (primary N) is 1. The van der Waals surface area contributed by atoms with Gasteiger partial charge in [0, 0.05) is 13.1 Å². The van der Waals surface area contributed by atoms with E-state index in [0.717, 1.165) is 18.8 Å². The highest BCUT2D eigenvalue weighted by Crippen LogP contribution is 2.32. The highest BCUT2D eigenvalue weighted by atomic mass is 16.5. The molecule has 0 saturated carbocycles. The van der Waals surface area contributed by atoms with Crippen molar-refractivity contribution in [3.05, 3.63) is 47.8 Å². The third-order valence-corrected chi connectivity index (χ3v) is 3.74. The van der Waals surface area contributed by atoms with Gasteiger partial charge in [-0.05, 0) is 17.5 Å². The Labute approximate surface area is 118 Å². The number of nitrogens with zero attached hydrogens (tertiary/aromatic N) is 3. The van der Waals surface area contributed by atoms with E-state index in [1.54, 1.807) is 19.5 Å². The van der Waals surface area contributed by atoms with Gasteiger partial charge in [0.1, 0.15) is 0 Å². The van der Waals surface area contributed by atoms with Crippen molar-refractivity contribution < 1.29 is 4.74 Å². The summed E-state index contributed by atoms with van der Waals surface area (Å²) in [6.07, 6.45) is 4.36. The predicted molar refractivity (Wildman–Crippen MR) is 77.9 cm³/mol. The molecule has 20 heavy (non-hydrogen) atoms. The van der Waals surface area contributed by atoms with Gasteiger partial charge >= 0.3 is 0 Å². The van der Waals surface area contributed by atoms with Crippen molar-refractivity contribution in [3.63, 3.8) is 0 Å². The first-order valence-corrected chi connectivity index (χ1v) is 6.74. The van der Waals surface area contributed by atoms with Gasteiger partial charge in [-0.3, -0.25) is 4.98 Å². The molecule has 1 atom stereocenters. The zero-order valence-corrected chi connectivity index (χ0v) is 11.5. The van der Waals surface area contributed by atoms with Crippen LogP contribution >= 0.6 is 0 Å². The molecule has 0 spiro atoms. The Hall–Kier alpha value is -2.14. The Balaban J connectivity index is 1.98. The molecule has 0 amide bonds. The Morgan fingerprint density at radius 2 is 2.20 bits per heavy atom. The van der Waals surface area contributed by atoms with E-state index in [4.69, 9.17) is 10.5 Å². The van der Waals surface area contributed by atoms with Crippen LogP contribution in [-0.4, -0.2) is 30.2 Å². The molecule has 5 nitrogen and oxygen atoms in total. The summed E-state index contributed by atoms with van der Waals surface area (Å²) in [7, 11) is 1.60. The SMILES string of the molecule is COc1cncc(N2CCc3ccccc3C2CN)n1. The number of hydrogen-bond acceptors (Lipinski definition) is 5. The fourth-order valence-corrected chi connectivity index (χ4v) is 2.76. The van der Waals surface area contributed by atoms with Gasteiger partial charge in [0.15, 0.2) is 5.82 Å². The largest absolute Gasteiger partial charge is 0.480 e. The molecule has 0 saturated heterocycles. The van der Waals surface area contributed by atoms with E-state index in [1.807, 2.05) is 0 Å². The van der Waals surface area contributed by atoms with Gasteiger partial charge in [-0.1, -0.05) is 24.3 Å². The van der Waals surface area contributed by atoms with Gasteiger partial charge in [-0.25, -0.2) is 0 Å². The lowest BCUT2D eigenvalue weighted by molar-refractivity contribution is 0.395. The second kappa shape index (κ2) is 5.46. The molecule has 2 N–H and O–H groups in total. The molecule has 1 aliphatic rings. The molecule has 1 aromatic carbocycles. The second-order valence-corrected chi connectivity index (χ2v) is 4.81. The molecule has 1 aliphatic heterocycles. The fourth-order valence-electron chi connectivity index (χ4n) is 2.76. The molecule has 5 heteroatoms. The third kappa shape index (κ3) is 2.20. The maximum atomic E-state index is 6.00. The quantitative estimate of drug-likeness (QED) is 0.916. The molecule has 1 aromatic heterocycles. The van der Waals surface area contributed by atoms with E-state index in [9.17, 15) is 0 Å². The zero-order valence-electron chi connectivity index (χ0n) is 11.5. The van der Waals surface area contributed by atoms with Crippen LogP contribution in [0.4, 0.5) is 5.82 Å². The van der Waals surface area contributed by atoms with Crippen molar-refractivity contribution in [3.8, 4) is 5.88 Å². The third-order valence-electron chi connectivity index (χ3n) is 3.74. The summed E-state index contributed by atoms with van der Waals surface area (Å²) in [6, 6.07) is 8.59. The van der Waals surface area contributed by atoms with Crippen molar-refractivity contribution in [2.75, 3.05) is 25.1 Å². The van der Waals surface area contributed by atoms with Crippen molar-refractivity contribution >= 4 is 5.82 Å². The second-order valence-electron chi connectivity index (χ2n) is 4.81. The summed E-state index contributed by atoms with van der Waals surface area (Å²) in [5.41, 5.74) is 8.65. The predicted octanol–water partition coefficient (Wildman–Crippen LogP) is 1.55. The molecule has 0 aliphatic carbocycles. The molecule has 104 valence electrons. The number of benzene rings is 1. The molecule has 0 radical (unpaired) electrons. The first-order chi connectivity index (χ1) is 9.83. The first kappa shape index (κ1) is 12.9. The monoisotopic (exact) mass is 270 g/mol. The van der Waals surface area contributed by atoms with E-state index in [-0.39, 0.29) is 6.04 Å². The van der Waals surface area contributed by atoms with E-state index >= 15 is 0 Å². The number of hydrogen-bond donors (Lipinski definition) is 1. The first-order valence-electron chi connectivity index (χ1n) is 6.74. The summed E-state index contributed by atoms with van der Waals surface area (Å²) >= 11 is 0. The van der Waals surface area contributed by atoms with E-state index in [2.05, 4.69) is 39.1 Å². The molecular weight excluding hydrogens is 252 g/mol. The van der Waals surface area contributed by atoms with Crippen LogP contribution in [0.15, 0.2) is 36.7 Å². The summed E-state index contributed by atoms with van der Waals surface area (Å²) < 4.78 is 5.15. The Bertz CT molecular complexity index is 602. The smallest absolute Gasteiger partial charge is 0.233 e. The number of methoxy groups -OCH3 is 1. The van der Waals surface area contributed by atoms with Crippen LogP contribution in [0.5, 0.6) is 5.88 Å². The molecule has 1 unspecified atom stereocenters. The Kier molecular flexibility index (Phi) is 3.52. The molecule has 0 fully saturated rings. The van der Waals surface area contributed by atoms with E-state index < -0.39 is 0 Å². The maximum Gasteiger partial charge on any atom is 0.233 e. The molecule has 2 heterocycles. The van der Waals surface area contributed by atoms with Crippen LogP contribution in [-0.2, 0) is 6.42 Å². The molecule has 2 aromatic rings. The Morgan fingerprint density at radius 1 is 1.35 bits per heavy atom. The normalized spacial score (nSPS) is 17.7.